The quantitative estimate of drug-likeness (QED) is 0.866. The number of alkyl halides is 3. The fourth-order valence-corrected chi connectivity index (χ4v) is 1.74. The van der Waals surface area contributed by atoms with Crippen LogP contribution in [0.3, 0.4) is 0 Å². The summed E-state index contributed by atoms with van der Waals surface area (Å²) in [5, 5.41) is 2.87. The number of halogens is 3. The number of fused-ring (bicyclic) bond motifs is 1. The maximum absolute atomic E-state index is 12.0. The summed E-state index contributed by atoms with van der Waals surface area (Å²) in [6.45, 7) is -1.55. The molecule has 0 amide bonds. The molecule has 0 radical (unpaired) electrons. The van der Waals surface area contributed by atoms with Crippen molar-refractivity contribution >= 4 is 16.7 Å². The van der Waals surface area contributed by atoms with Crippen molar-refractivity contribution in [2.24, 2.45) is 0 Å². The molecule has 0 fully saturated rings. The third-order valence-electron chi connectivity index (χ3n) is 2.54. The van der Waals surface area contributed by atoms with Crippen molar-refractivity contribution in [3.8, 4) is 0 Å². The molecule has 3 nitrogen and oxygen atoms in total. The number of nitrogens with zero attached hydrogens (tertiary/aromatic N) is 1. The van der Waals surface area contributed by atoms with Crippen LogP contribution in [-0.4, -0.2) is 30.0 Å². The van der Waals surface area contributed by atoms with E-state index in [-0.39, 0.29) is 6.54 Å². The number of ketones is 1. The summed E-state index contributed by atoms with van der Waals surface area (Å²) in [4.78, 5) is 16.0. The predicted octanol–water partition coefficient (Wildman–Crippen LogP) is 2.57. The van der Waals surface area contributed by atoms with E-state index in [0.717, 1.165) is 5.39 Å². The lowest BCUT2D eigenvalue weighted by molar-refractivity contribution is -0.124. The number of pyridine rings is 1. The molecular formula is C13H11F3N2O. The number of benzene rings is 1. The number of hydrogen-bond donors (Lipinski definition) is 1. The van der Waals surface area contributed by atoms with Gasteiger partial charge >= 0.3 is 6.18 Å². The van der Waals surface area contributed by atoms with E-state index in [0.29, 0.717) is 11.1 Å². The van der Waals surface area contributed by atoms with Crippen molar-refractivity contribution in [3.05, 3.63) is 42.1 Å². The summed E-state index contributed by atoms with van der Waals surface area (Å²) in [7, 11) is 0. The Hall–Kier alpha value is -1.95. The number of Topliss-reactive ketones (excluding diaryl/α,β-unsaturated/α-hetero) is 1. The predicted molar refractivity (Wildman–Crippen MR) is 65.0 cm³/mol. The summed E-state index contributed by atoms with van der Waals surface area (Å²) in [6, 6.07) is 8.57. The van der Waals surface area contributed by atoms with Crippen LogP contribution in [0.2, 0.25) is 0 Å². The second-order valence-electron chi connectivity index (χ2n) is 4.02. The van der Waals surface area contributed by atoms with Gasteiger partial charge in [0.15, 0.2) is 5.78 Å². The lowest BCUT2D eigenvalue weighted by Crippen LogP contribution is -2.32. The summed E-state index contributed by atoms with van der Waals surface area (Å²) >= 11 is 0. The van der Waals surface area contributed by atoms with E-state index >= 15 is 0 Å². The van der Waals surface area contributed by atoms with Gasteiger partial charge in [-0.3, -0.25) is 9.78 Å². The Labute approximate surface area is 107 Å². The van der Waals surface area contributed by atoms with Crippen LogP contribution in [0, 0.1) is 0 Å². The third kappa shape index (κ3) is 3.51. The second-order valence-corrected chi connectivity index (χ2v) is 4.02. The van der Waals surface area contributed by atoms with E-state index in [2.05, 4.69) is 10.3 Å². The average Bonchev–Trinajstić information content (AvgIpc) is 2.36. The summed E-state index contributed by atoms with van der Waals surface area (Å²) < 4.78 is 35.9. The topological polar surface area (TPSA) is 42.0 Å². The molecule has 1 heterocycles. The van der Waals surface area contributed by atoms with Crippen molar-refractivity contribution in [1.82, 2.24) is 10.3 Å². The summed E-state index contributed by atoms with van der Waals surface area (Å²) in [5.41, 5.74) is 0.830. The summed E-state index contributed by atoms with van der Waals surface area (Å²) in [6.07, 6.45) is -2.78. The molecule has 1 N–H and O–H groups in total. The first kappa shape index (κ1) is 13.5. The Kier molecular flexibility index (Phi) is 3.80. The van der Waals surface area contributed by atoms with Gasteiger partial charge in [0.2, 0.25) is 0 Å². The number of carbonyl (C=O) groups is 1. The average molecular weight is 268 g/mol. The Balaban J connectivity index is 2.14. The van der Waals surface area contributed by atoms with Crippen LogP contribution in [0.25, 0.3) is 10.9 Å². The van der Waals surface area contributed by atoms with Crippen molar-refractivity contribution < 1.29 is 18.0 Å². The zero-order valence-electron chi connectivity index (χ0n) is 9.87. The standard InChI is InChI=1S/C13H11F3N2O/c14-13(15,16)8-17-7-11(19)10-5-1-3-9-4-2-6-18-12(9)10/h1-6,17H,7-8H2. The van der Waals surface area contributed by atoms with Crippen LogP contribution < -0.4 is 5.32 Å². The Morgan fingerprint density at radius 1 is 1.21 bits per heavy atom. The third-order valence-corrected chi connectivity index (χ3v) is 2.54. The largest absolute Gasteiger partial charge is 0.401 e. The van der Waals surface area contributed by atoms with Crippen molar-refractivity contribution in [2.75, 3.05) is 13.1 Å². The van der Waals surface area contributed by atoms with Crippen LogP contribution in [0.15, 0.2) is 36.5 Å². The van der Waals surface area contributed by atoms with Gasteiger partial charge in [-0.05, 0) is 12.1 Å². The molecule has 6 heteroatoms. The van der Waals surface area contributed by atoms with Crippen molar-refractivity contribution in [1.29, 1.82) is 0 Å². The first-order chi connectivity index (χ1) is 8.97. The highest BCUT2D eigenvalue weighted by Crippen LogP contribution is 2.16. The van der Waals surface area contributed by atoms with E-state index in [1.165, 1.54) is 0 Å². The lowest BCUT2D eigenvalue weighted by atomic mass is 10.1. The molecule has 0 saturated heterocycles. The number of carbonyl (C=O) groups excluding carboxylic acids is 1. The number of para-hydroxylation sites is 1. The fraction of sp³-hybridized carbons (Fsp3) is 0.231. The molecule has 1 aromatic heterocycles. The monoisotopic (exact) mass is 268 g/mol. The van der Waals surface area contributed by atoms with E-state index in [4.69, 9.17) is 0 Å². The van der Waals surface area contributed by atoms with Gasteiger partial charge in [-0.2, -0.15) is 13.2 Å². The van der Waals surface area contributed by atoms with Crippen LogP contribution >= 0.6 is 0 Å². The highest BCUT2D eigenvalue weighted by Gasteiger charge is 2.26. The molecule has 19 heavy (non-hydrogen) atoms. The molecule has 0 atom stereocenters. The number of hydrogen-bond acceptors (Lipinski definition) is 3. The Bertz CT molecular complexity index is 590. The number of nitrogens with one attached hydrogen (secondary N) is 1. The molecule has 0 bridgehead atoms. The maximum Gasteiger partial charge on any atom is 0.401 e. The fourth-order valence-electron chi connectivity index (χ4n) is 1.74. The van der Waals surface area contributed by atoms with Crippen LogP contribution in [0.4, 0.5) is 13.2 Å². The molecule has 0 aliphatic carbocycles. The minimum absolute atomic E-state index is 0.327. The van der Waals surface area contributed by atoms with Crippen molar-refractivity contribution in [2.45, 2.75) is 6.18 Å². The summed E-state index contributed by atoms with van der Waals surface area (Å²) in [5.74, 6) is -0.409. The molecule has 0 aliphatic heterocycles. The van der Waals surface area contributed by atoms with Crippen molar-refractivity contribution in [3.63, 3.8) is 0 Å². The minimum Gasteiger partial charge on any atom is -0.302 e. The van der Waals surface area contributed by atoms with Gasteiger partial charge in [0.1, 0.15) is 0 Å². The number of aromatic nitrogens is 1. The van der Waals surface area contributed by atoms with Crippen LogP contribution in [0.5, 0.6) is 0 Å². The SMILES string of the molecule is O=C(CNCC(F)(F)F)c1cccc2cccnc12. The Morgan fingerprint density at radius 2 is 1.95 bits per heavy atom. The zero-order chi connectivity index (χ0) is 13.9. The Morgan fingerprint density at radius 3 is 2.68 bits per heavy atom. The van der Waals surface area contributed by atoms with Gasteiger partial charge in [-0.1, -0.05) is 18.2 Å². The van der Waals surface area contributed by atoms with Gasteiger partial charge in [0.25, 0.3) is 0 Å². The highest BCUT2D eigenvalue weighted by atomic mass is 19.4. The maximum atomic E-state index is 12.0. The molecule has 100 valence electrons. The lowest BCUT2D eigenvalue weighted by Gasteiger charge is -2.08. The zero-order valence-corrected chi connectivity index (χ0v) is 9.87. The van der Waals surface area contributed by atoms with E-state index in [9.17, 15) is 18.0 Å². The van der Waals surface area contributed by atoms with E-state index in [1.807, 2.05) is 0 Å². The van der Waals surface area contributed by atoms with Gasteiger partial charge in [-0.25, -0.2) is 0 Å². The molecule has 0 aliphatic rings. The first-order valence-electron chi connectivity index (χ1n) is 5.62. The molecule has 1 aromatic carbocycles. The normalized spacial score (nSPS) is 11.7. The van der Waals surface area contributed by atoms with Gasteiger partial charge in [0.05, 0.1) is 18.6 Å². The van der Waals surface area contributed by atoms with E-state index in [1.54, 1.807) is 36.5 Å². The molecule has 0 unspecified atom stereocenters. The first-order valence-corrected chi connectivity index (χ1v) is 5.62. The van der Waals surface area contributed by atoms with E-state index < -0.39 is 18.5 Å². The number of rotatable bonds is 4. The molecule has 0 spiro atoms. The molecule has 0 saturated carbocycles. The van der Waals surface area contributed by atoms with Crippen LogP contribution in [-0.2, 0) is 0 Å². The van der Waals surface area contributed by atoms with Gasteiger partial charge in [-0.15, -0.1) is 0 Å². The highest BCUT2D eigenvalue weighted by molar-refractivity contribution is 6.07. The molecule has 2 rings (SSSR count). The molecule has 2 aromatic rings. The van der Waals surface area contributed by atoms with Gasteiger partial charge in [0, 0.05) is 17.1 Å². The van der Waals surface area contributed by atoms with Crippen LogP contribution in [0.1, 0.15) is 10.4 Å². The molecular weight excluding hydrogens is 257 g/mol. The smallest absolute Gasteiger partial charge is 0.302 e. The second kappa shape index (κ2) is 5.36. The minimum atomic E-state index is -4.32. The van der Waals surface area contributed by atoms with Gasteiger partial charge < -0.3 is 5.32 Å².